The number of carbonyl (C=O) groups is 1. The van der Waals surface area contributed by atoms with Gasteiger partial charge in [0.15, 0.2) is 4.88 Å². The number of aromatic carboxylic acids is 1. The van der Waals surface area contributed by atoms with E-state index in [1.165, 1.54) is 23.1 Å². The summed E-state index contributed by atoms with van der Waals surface area (Å²) >= 11 is 14.7. The summed E-state index contributed by atoms with van der Waals surface area (Å²) < 4.78 is 5.54. The number of thioether (sulfide) groups is 1. The van der Waals surface area contributed by atoms with Gasteiger partial charge in [0.1, 0.15) is 5.75 Å². The van der Waals surface area contributed by atoms with Crippen molar-refractivity contribution in [3.8, 4) is 5.75 Å². The lowest BCUT2D eigenvalue weighted by molar-refractivity contribution is 0.0698. The number of rotatable bonds is 6. The van der Waals surface area contributed by atoms with E-state index in [1.54, 1.807) is 24.3 Å². The van der Waals surface area contributed by atoms with Gasteiger partial charge in [0, 0.05) is 20.5 Å². The van der Waals surface area contributed by atoms with Crippen LogP contribution in [0.5, 0.6) is 5.75 Å². The van der Waals surface area contributed by atoms with Gasteiger partial charge < -0.3 is 9.84 Å². The molecule has 0 radical (unpaired) electrons. The summed E-state index contributed by atoms with van der Waals surface area (Å²) in [5.74, 6) is 0.102. The van der Waals surface area contributed by atoms with Gasteiger partial charge in [0.2, 0.25) is 0 Å². The minimum atomic E-state index is -0.964. The SMILES string of the molecule is Cc1cc(OCCSc2cc(Cl)ccc2Cl)c(C(=O)O)s1. The van der Waals surface area contributed by atoms with Crippen LogP contribution >= 0.6 is 46.3 Å². The highest BCUT2D eigenvalue weighted by molar-refractivity contribution is 7.99. The molecular weight excluding hydrogens is 351 g/mol. The number of benzene rings is 1. The molecule has 1 aromatic heterocycles. The fraction of sp³-hybridized carbons (Fsp3) is 0.214. The van der Waals surface area contributed by atoms with E-state index >= 15 is 0 Å². The molecule has 7 heteroatoms. The first-order valence-corrected chi connectivity index (χ1v) is 8.57. The molecule has 0 fully saturated rings. The number of carboxylic acid groups (broad SMARTS) is 1. The average Bonchev–Trinajstić information content (AvgIpc) is 2.80. The third-order valence-electron chi connectivity index (χ3n) is 2.51. The Morgan fingerprint density at radius 3 is 2.86 bits per heavy atom. The van der Waals surface area contributed by atoms with E-state index in [1.807, 2.05) is 6.92 Å². The molecule has 0 amide bonds. The van der Waals surface area contributed by atoms with Crippen molar-refractivity contribution < 1.29 is 14.6 Å². The zero-order chi connectivity index (χ0) is 15.4. The summed E-state index contributed by atoms with van der Waals surface area (Å²) in [6.45, 7) is 2.24. The Kier molecular flexibility index (Phi) is 5.81. The summed E-state index contributed by atoms with van der Waals surface area (Å²) in [6.07, 6.45) is 0. The highest BCUT2D eigenvalue weighted by Crippen LogP contribution is 2.31. The van der Waals surface area contributed by atoms with Crippen LogP contribution in [0.1, 0.15) is 14.5 Å². The van der Waals surface area contributed by atoms with Crippen molar-refractivity contribution in [2.24, 2.45) is 0 Å². The second-order valence-electron chi connectivity index (χ2n) is 4.13. The van der Waals surface area contributed by atoms with Crippen molar-refractivity contribution >= 4 is 52.3 Å². The van der Waals surface area contributed by atoms with Crippen molar-refractivity contribution in [1.82, 2.24) is 0 Å². The van der Waals surface area contributed by atoms with Crippen LogP contribution < -0.4 is 4.74 Å². The smallest absolute Gasteiger partial charge is 0.349 e. The molecule has 0 aliphatic rings. The molecule has 21 heavy (non-hydrogen) atoms. The van der Waals surface area contributed by atoms with Gasteiger partial charge in [-0.2, -0.15) is 0 Å². The average molecular weight is 363 g/mol. The maximum atomic E-state index is 11.1. The van der Waals surface area contributed by atoms with Crippen molar-refractivity contribution in [1.29, 1.82) is 0 Å². The van der Waals surface area contributed by atoms with Gasteiger partial charge in [-0.1, -0.05) is 23.2 Å². The Morgan fingerprint density at radius 2 is 2.14 bits per heavy atom. The monoisotopic (exact) mass is 362 g/mol. The van der Waals surface area contributed by atoms with Crippen molar-refractivity contribution in [3.63, 3.8) is 0 Å². The molecule has 0 unspecified atom stereocenters. The van der Waals surface area contributed by atoms with Gasteiger partial charge >= 0.3 is 5.97 Å². The van der Waals surface area contributed by atoms with Gasteiger partial charge in [-0.05, 0) is 31.2 Å². The van der Waals surface area contributed by atoms with E-state index in [2.05, 4.69) is 0 Å². The molecule has 0 aliphatic carbocycles. The Bertz CT molecular complexity index is 656. The molecule has 3 nitrogen and oxygen atoms in total. The topological polar surface area (TPSA) is 46.5 Å². The number of ether oxygens (including phenoxy) is 1. The normalized spacial score (nSPS) is 10.6. The third kappa shape index (κ3) is 4.54. The molecule has 1 N–H and O–H groups in total. The summed E-state index contributed by atoms with van der Waals surface area (Å²) in [5.41, 5.74) is 0. The molecule has 0 bridgehead atoms. The van der Waals surface area contributed by atoms with Gasteiger partial charge in [0.25, 0.3) is 0 Å². The van der Waals surface area contributed by atoms with Gasteiger partial charge in [-0.25, -0.2) is 4.79 Å². The lowest BCUT2D eigenvalue weighted by Crippen LogP contribution is -2.03. The van der Waals surface area contributed by atoms with Crippen LogP contribution in [0.25, 0.3) is 0 Å². The molecule has 0 aliphatic heterocycles. The minimum Gasteiger partial charge on any atom is -0.491 e. The summed E-state index contributed by atoms with van der Waals surface area (Å²) in [6, 6.07) is 7.02. The Hall–Kier alpha value is -0.880. The van der Waals surface area contributed by atoms with Crippen LogP contribution in [0.3, 0.4) is 0 Å². The number of hydrogen-bond acceptors (Lipinski definition) is 4. The summed E-state index contributed by atoms with van der Waals surface area (Å²) in [4.78, 5) is 13.1. The zero-order valence-electron chi connectivity index (χ0n) is 11.1. The van der Waals surface area contributed by atoms with E-state index in [4.69, 9.17) is 33.0 Å². The van der Waals surface area contributed by atoms with E-state index in [0.29, 0.717) is 28.2 Å². The number of carboxylic acids is 1. The summed E-state index contributed by atoms with van der Waals surface area (Å²) in [7, 11) is 0. The molecule has 112 valence electrons. The zero-order valence-corrected chi connectivity index (χ0v) is 14.2. The maximum absolute atomic E-state index is 11.1. The molecular formula is C14H12Cl2O3S2. The molecule has 0 atom stereocenters. The molecule has 2 aromatic rings. The lowest BCUT2D eigenvalue weighted by Gasteiger charge is -2.07. The fourth-order valence-corrected chi connectivity index (χ4v) is 3.75. The molecule has 1 aromatic carbocycles. The van der Waals surface area contributed by atoms with Gasteiger partial charge in [-0.15, -0.1) is 23.1 Å². The first kappa shape index (κ1) is 16.5. The Labute approximate surface area is 140 Å². The van der Waals surface area contributed by atoms with E-state index < -0.39 is 5.97 Å². The van der Waals surface area contributed by atoms with Crippen molar-refractivity contribution in [2.75, 3.05) is 12.4 Å². The molecule has 0 spiro atoms. The predicted octanol–water partition coefficient (Wildman–Crippen LogP) is 5.23. The van der Waals surface area contributed by atoms with Gasteiger partial charge in [-0.3, -0.25) is 0 Å². The molecule has 0 saturated heterocycles. The van der Waals surface area contributed by atoms with Crippen molar-refractivity contribution in [3.05, 3.63) is 44.1 Å². The highest BCUT2D eigenvalue weighted by Gasteiger charge is 2.15. The fourth-order valence-electron chi connectivity index (χ4n) is 1.64. The predicted molar refractivity (Wildman–Crippen MR) is 88.7 cm³/mol. The van der Waals surface area contributed by atoms with Crippen LogP contribution in [-0.2, 0) is 0 Å². The standard InChI is InChI=1S/C14H12Cl2O3S2/c1-8-6-11(13(21-8)14(17)18)19-4-5-20-12-7-9(15)2-3-10(12)16/h2-3,6-7H,4-5H2,1H3,(H,17,18). The molecule has 2 rings (SSSR count). The van der Waals surface area contributed by atoms with Crippen LogP contribution in [0, 0.1) is 6.92 Å². The number of halogens is 2. The number of thiophene rings is 1. The van der Waals surface area contributed by atoms with Crippen molar-refractivity contribution in [2.45, 2.75) is 11.8 Å². The largest absolute Gasteiger partial charge is 0.491 e. The quantitative estimate of drug-likeness (QED) is 0.564. The van der Waals surface area contributed by atoms with Crippen LogP contribution in [0.4, 0.5) is 0 Å². The molecule has 0 saturated carbocycles. The first-order valence-electron chi connectivity index (χ1n) is 6.01. The Morgan fingerprint density at radius 1 is 1.38 bits per heavy atom. The third-order valence-corrected chi connectivity index (χ3v) is 5.22. The van der Waals surface area contributed by atoms with E-state index in [-0.39, 0.29) is 4.88 Å². The van der Waals surface area contributed by atoms with Crippen LogP contribution in [-0.4, -0.2) is 23.4 Å². The van der Waals surface area contributed by atoms with Crippen LogP contribution in [0.15, 0.2) is 29.2 Å². The number of hydrogen-bond donors (Lipinski definition) is 1. The first-order chi connectivity index (χ1) is 9.97. The van der Waals surface area contributed by atoms with Crippen LogP contribution in [0.2, 0.25) is 10.0 Å². The Balaban J connectivity index is 1.90. The minimum absolute atomic E-state index is 0.235. The van der Waals surface area contributed by atoms with E-state index in [0.717, 1.165) is 9.77 Å². The number of aryl methyl sites for hydroxylation is 1. The highest BCUT2D eigenvalue weighted by atomic mass is 35.5. The molecule has 1 heterocycles. The maximum Gasteiger partial charge on any atom is 0.349 e. The summed E-state index contributed by atoms with van der Waals surface area (Å²) in [5, 5.41) is 10.3. The second-order valence-corrected chi connectivity index (χ2v) is 7.36. The van der Waals surface area contributed by atoms with Gasteiger partial charge in [0.05, 0.1) is 11.6 Å². The van der Waals surface area contributed by atoms with E-state index in [9.17, 15) is 4.79 Å². The second kappa shape index (κ2) is 7.40. The lowest BCUT2D eigenvalue weighted by atomic mass is 10.4.